The van der Waals surface area contributed by atoms with Gasteiger partial charge in [0.2, 0.25) is 6.29 Å². The number of aliphatic hydroxyl groups is 4. The molecule has 0 radical (unpaired) electrons. The number of rotatable bonds is 4. The first-order valence-corrected chi connectivity index (χ1v) is 15.2. The molecular formula is C30H38O15. The molecule has 3 aliphatic carbocycles. The highest BCUT2D eigenvalue weighted by molar-refractivity contribution is 5.82. The lowest BCUT2D eigenvalue weighted by atomic mass is 9.37. The Balaban J connectivity index is 1.37. The van der Waals surface area contributed by atoms with Crippen LogP contribution in [-0.4, -0.2) is 125 Å². The van der Waals surface area contributed by atoms with Gasteiger partial charge in [-0.15, -0.1) is 0 Å². The number of fused-ring (bicyclic) bond motifs is 7. The highest BCUT2D eigenvalue weighted by Crippen LogP contribution is 2.82. The van der Waals surface area contributed by atoms with Crippen molar-refractivity contribution in [1.29, 1.82) is 0 Å². The summed E-state index contributed by atoms with van der Waals surface area (Å²) in [6.07, 6.45) is -4.50. The summed E-state index contributed by atoms with van der Waals surface area (Å²) >= 11 is 0. The van der Waals surface area contributed by atoms with Crippen LogP contribution >= 0.6 is 0 Å². The number of aliphatic hydroxyl groups excluding tert-OH is 2. The first-order valence-electron chi connectivity index (χ1n) is 15.2. The smallest absolute Gasteiger partial charge is 0.366 e. The van der Waals surface area contributed by atoms with E-state index in [1.54, 1.807) is 13.8 Å². The zero-order chi connectivity index (χ0) is 32.3. The first-order chi connectivity index (χ1) is 21.1. The van der Waals surface area contributed by atoms with Gasteiger partial charge in [0, 0.05) is 41.9 Å². The minimum Gasteiger partial charge on any atom is -0.469 e. The predicted molar refractivity (Wildman–Crippen MR) is 141 cm³/mol. The lowest BCUT2D eigenvalue weighted by Gasteiger charge is -2.65. The number of carbonyl (C=O) groups is 3. The van der Waals surface area contributed by atoms with Crippen molar-refractivity contribution >= 4 is 17.9 Å². The molecule has 0 amide bonds. The van der Waals surface area contributed by atoms with Crippen LogP contribution in [0, 0.1) is 34.0 Å². The van der Waals surface area contributed by atoms with Crippen LogP contribution in [0.1, 0.15) is 33.6 Å². The van der Waals surface area contributed by atoms with Gasteiger partial charge in [0.05, 0.1) is 58.1 Å². The lowest BCUT2D eigenvalue weighted by Crippen LogP contribution is -2.78. The third-order valence-electron chi connectivity index (χ3n) is 13.2. The maximum atomic E-state index is 13.8. The molecule has 5 heterocycles. The van der Waals surface area contributed by atoms with Crippen molar-refractivity contribution in [3.05, 3.63) is 12.3 Å². The maximum absolute atomic E-state index is 13.8. The molecular weight excluding hydrogens is 600 g/mol. The van der Waals surface area contributed by atoms with Crippen LogP contribution in [0.3, 0.4) is 0 Å². The van der Waals surface area contributed by atoms with Crippen LogP contribution in [-0.2, 0) is 52.3 Å². The van der Waals surface area contributed by atoms with E-state index in [1.165, 1.54) is 26.4 Å². The molecule has 15 nitrogen and oxygen atoms in total. The Kier molecular flexibility index (Phi) is 5.70. The second kappa shape index (κ2) is 8.55. The van der Waals surface area contributed by atoms with Crippen LogP contribution in [0.25, 0.3) is 0 Å². The largest absolute Gasteiger partial charge is 0.469 e. The summed E-state index contributed by atoms with van der Waals surface area (Å²) in [5.74, 6) is -8.71. The molecule has 0 aromatic rings. The maximum Gasteiger partial charge on any atom is 0.366 e. The molecule has 2 bridgehead atoms. The van der Waals surface area contributed by atoms with Crippen molar-refractivity contribution in [3.63, 3.8) is 0 Å². The van der Waals surface area contributed by atoms with Crippen LogP contribution in [0.5, 0.6) is 0 Å². The van der Waals surface area contributed by atoms with Gasteiger partial charge >= 0.3 is 17.9 Å². The van der Waals surface area contributed by atoms with E-state index in [0.29, 0.717) is 0 Å². The molecule has 16 atom stereocenters. The SMILES string of the molecule is COC(=O)[C@@]12CO[C@H]3[C@@H](O)[C@@](C)([C@]45O[C@@]4(C)[C@H]4C[C@@H]5O[C@@H]5OC=C[C@@]54O)[C@H]4[C@@](CO[C@]4(O)C(=O)OC)([C@@H](O)C[C@H]1OC(C)=O)[C@@H]32. The summed E-state index contributed by atoms with van der Waals surface area (Å²) in [5, 5.41) is 48.9. The minimum absolute atomic E-state index is 0.287. The van der Waals surface area contributed by atoms with E-state index in [1.807, 2.05) is 0 Å². The quantitative estimate of drug-likeness (QED) is 0.153. The van der Waals surface area contributed by atoms with Gasteiger partial charge in [-0.05, 0) is 19.4 Å². The van der Waals surface area contributed by atoms with Crippen molar-refractivity contribution in [1.82, 2.24) is 0 Å². The molecule has 4 N–H and O–H groups in total. The molecule has 7 fully saturated rings. The Bertz CT molecular complexity index is 1420. The van der Waals surface area contributed by atoms with Crippen molar-refractivity contribution in [2.75, 3.05) is 27.4 Å². The van der Waals surface area contributed by atoms with Crippen LogP contribution in [0.15, 0.2) is 12.3 Å². The van der Waals surface area contributed by atoms with Crippen LogP contribution < -0.4 is 0 Å². The molecule has 45 heavy (non-hydrogen) atoms. The molecule has 8 rings (SSSR count). The van der Waals surface area contributed by atoms with Gasteiger partial charge in [0.15, 0.2) is 5.60 Å². The van der Waals surface area contributed by atoms with Crippen molar-refractivity contribution in [2.24, 2.45) is 34.0 Å². The Morgan fingerprint density at radius 3 is 2.38 bits per heavy atom. The number of ether oxygens (including phenoxy) is 8. The summed E-state index contributed by atoms with van der Waals surface area (Å²) in [5.41, 5.74) is -9.36. The van der Waals surface area contributed by atoms with Crippen LogP contribution in [0.4, 0.5) is 0 Å². The standard InChI is InChI=1S/C30H38O15/c1-12(31)43-15-9-14(32)26-11-42-29(37,22(35)39-5)20(26)24(2,19(33)17-18(26)27(15,10-41-17)21(34)38-4)30-16-8-13(25(30,3)45-30)28(36)6-7-40-23(28)44-16/h6-7,13-20,23,32-33,36-37H,8-11H2,1-5H3/t13-,14+,15-,16+,17-,18-,19-,20+,23+,24-,25+,26+,27+,28+,29+,30+/m1/s1. The summed E-state index contributed by atoms with van der Waals surface area (Å²) in [6.45, 7) is 3.76. The molecule has 4 saturated heterocycles. The average Bonchev–Trinajstić information content (AvgIpc) is 3.38. The van der Waals surface area contributed by atoms with E-state index in [2.05, 4.69) is 0 Å². The molecule has 0 aromatic carbocycles. The van der Waals surface area contributed by atoms with Gasteiger partial charge in [-0.25, -0.2) is 4.79 Å². The third-order valence-corrected chi connectivity index (χ3v) is 13.2. The summed E-state index contributed by atoms with van der Waals surface area (Å²) in [7, 11) is 2.24. The van der Waals surface area contributed by atoms with Crippen LogP contribution in [0.2, 0.25) is 0 Å². The summed E-state index contributed by atoms with van der Waals surface area (Å²) in [4.78, 5) is 39.7. The number of esters is 3. The van der Waals surface area contributed by atoms with E-state index in [0.717, 1.165) is 7.11 Å². The molecule has 15 heteroatoms. The Hall–Kier alpha value is -2.37. The third kappa shape index (κ3) is 2.84. The normalized spacial score (nSPS) is 59.3. The molecule has 8 aliphatic rings. The van der Waals surface area contributed by atoms with E-state index in [-0.39, 0.29) is 19.4 Å². The van der Waals surface area contributed by atoms with E-state index < -0.39 is 118 Å². The Morgan fingerprint density at radius 2 is 1.71 bits per heavy atom. The molecule has 3 saturated carbocycles. The zero-order valence-electron chi connectivity index (χ0n) is 25.5. The number of hydrogen-bond donors (Lipinski definition) is 4. The fourth-order valence-electron chi connectivity index (χ4n) is 11.7. The molecule has 248 valence electrons. The number of hydrogen-bond acceptors (Lipinski definition) is 15. The molecule has 1 spiro atoms. The Labute approximate surface area is 257 Å². The van der Waals surface area contributed by atoms with Crippen molar-refractivity contribution < 1.29 is 72.7 Å². The van der Waals surface area contributed by atoms with E-state index in [9.17, 15) is 34.8 Å². The fourth-order valence-corrected chi connectivity index (χ4v) is 11.7. The van der Waals surface area contributed by atoms with Crippen molar-refractivity contribution in [2.45, 2.75) is 93.0 Å². The van der Waals surface area contributed by atoms with Gasteiger partial charge < -0.3 is 58.3 Å². The van der Waals surface area contributed by atoms with E-state index in [4.69, 9.17) is 37.9 Å². The number of carbonyl (C=O) groups excluding carboxylic acids is 3. The summed E-state index contributed by atoms with van der Waals surface area (Å²) < 4.78 is 46.8. The Morgan fingerprint density at radius 1 is 1.00 bits per heavy atom. The lowest BCUT2D eigenvalue weighted by molar-refractivity contribution is -0.314. The second-order valence-corrected chi connectivity index (χ2v) is 14.4. The molecule has 0 aromatic heterocycles. The summed E-state index contributed by atoms with van der Waals surface area (Å²) in [6, 6.07) is 0. The fraction of sp³-hybridized carbons (Fsp3) is 0.833. The predicted octanol–water partition coefficient (Wildman–Crippen LogP) is -1.72. The van der Waals surface area contributed by atoms with Gasteiger partial charge in [-0.2, -0.15) is 0 Å². The topological polar surface area (TPSA) is 209 Å². The molecule has 0 unspecified atom stereocenters. The zero-order valence-corrected chi connectivity index (χ0v) is 25.5. The molecule has 5 aliphatic heterocycles. The number of epoxide rings is 1. The van der Waals surface area contributed by atoms with Crippen molar-refractivity contribution in [3.8, 4) is 0 Å². The van der Waals surface area contributed by atoms with Gasteiger partial charge in [0.1, 0.15) is 22.7 Å². The monoisotopic (exact) mass is 638 g/mol. The first kappa shape index (κ1) is 30.0. The second-order valence-electron chi connectivity index (χ2n) is 14.4. The minimum atomic E-state index is -2.75. The highest BCUT2D eigenvalue weighted by Gasteiger charge is 2.96. The highest BCUT2D eigenvalue weighted by atomic mass is 16.7. The van der Waals surface area contributed by atoms with Gasteiger partial charge in [-0.3, -0.25) is 9.59 Å². The van der Waals surface area contributed by atoms with Gasteiger partial charge in [0.25, 0.3) is 5.79 Å². The number of methoxy groups -OCH3 is 2. The van der Waals surface area contributed by atoms with Gasteiger partial charge in [-0.1, -0.05) is 6.92 Å². The van der Waals surface area contributed by atoms with E-state index >= 15 is 0 Å². The average molecular weight is 639 g/mol.